The van der Waals surface area contributed by atoms with E-state index in [9.17, 15) is 0 Å². The van der Waals surface area contributed by atoms with Gasteiger partial charge in [-0.15, -0.1) is 0 Å². The largest absolute Gasteiger partial charge is 0.488 e. The van der Waals surface area contributed by atoms with E-state index in [0.29, 0.717) is 12.6 Å². The van der Waals surface area contributed by atoms with E-state index in [2.05, 4.69) is 33.4 Å². The van der Waals surface area contributed by atoms with Crippen molar-refractivity contribution in [3.63, 3.8) is 0 Å². The Morgan fingerprint density at radius 3 is 2.43 bits per heavy atom. The van der Waals surface area contributed by atoms with Crippen LogP contribution in [-0.2, 0) is 13.2 Å². The monoisotopic (exact) mass is 393 g/mol. The van der Waals surface area contributed by atoms with E-state index in [0.717, 1.165) is 27.4 Å². The highest BCUT2D eigenvalue weighted by Crippen LogP contribution is 2.27. The minimum absolute atomic E-state index is 0.537. The van der Waals surface area contributed by atoms with Gasteiger partial charge in [-0.1, -0.05) is 42.6 Å². The molecule has 23 heavy (non-hydrogen) atoms. The molecule has 0 radical (unpaired) electrons. The van der Waals surface area contributed by atoms with Crippen LogP contribution in [0.15, 0.2) is 46.9 Å². The maximum atomic E-state index is 5.89. The van der Waals surface area contributed by atoms with Crippen molar-refractivity contribution in [2.45, 2.75) is 44.9 Å². The molecule has 2 nitrogen and oxygen atoms in total. The topological polar surface area (TPSA) is 21.3 Å². The van der Waals surface area contributed by atoms with Gasteiger partial charge in [-0.05, 0) is 64.2 Å². The van der Waals surface area contributed by atoms with Gasteiger partial charge in [0, 0.05) is 17.6 Å². The fraction of sp³-hybridized carbons (Fsp3) is 0.368. The highest BCUT2D eigenvalue weighted by atomic mass is 79.9. The Morgan fingerprint density at radius 1 is 1.04 bits per heavy atom. The second kappa shape index (κ2) is 8.18. The highest BCUT2D eigenvalue weighted by Gasteiger charge is 2.14. The van der Waals surface area contributed by atoms with Gasteiger partial charge < -0.3 is 10.1 Å². The van der Waals surface area contributed by atoms with Gasteiger partial charge in [-0.2, -0.15) is 0 Å². The van der Waals surface area contributed by atoms with E-state index in [-0.39, 0.29) is 0 Å². The third-order valence-corrected chi connectivity index (χ3v) is 5.13. The smallest absolute Gasteiger partial charge is 0.134 e. The number of halogens is 2. The van der Waals surface area contributed by atoms with E-state index in [1.165, 1.54) is 31.2 Å². The lowest BCUT2D eigenvalue weighted by Crippen LogP contribution is -2.25. The van der Waals surface area contributed by atoms with E-state index >= 15 is 0 Å². The molecule has 122 valence electrons. The van der Waals surface area contributed by atoms with Gasteiger partial charge in [0.1, 0.15) is 12.4 Å². The molecule has 0 amide bonds. The van der Waals surface area contributed by atoms with Gasteiger partial charge in [0.25, 0.3) is 0 Å². The lowest BCUT2D eigenvalue weighted by atomic mass is 10.2. The molecule has 3 rings (SSSR count). The Hall–Kier alpha value is -1.03. The van der Waals surface area contributed by atoms with E-state index < -0.39 is 0 Å². The molecule has 4 heteroatoms. The summed E-state index contributed by atoms with van der Waals surface area (Å²) in [6, 6.07) is 14.7. The normalized spacial score (nSPS) is 15.0. The fourth-order valence-corrected chi connectivity index (χ4v) is 3.57. The van der Waals surface area contributed by atoms with Gasteiger partial charge in [0.15, 0.2) is 0 Å². The zero-order chi connectivity index (χ0) is 16.1. The molecule has 0 unspecified atom stereocenters. The molecule has 1 fully saturated rings. The summed E-state index contributed by atoms with van der Waals surface area (Å²) in [5.74, 6) is 0.865. The first kappa shape index (κ1) is 16.8. The molecule has 0 heterocycles. The predicted molar refractivity (Wildman–Crippen MR) is 99.0 cm³/mol. The summed E-state index contributed by atoms with van der Waals surface area (Å²) in [4.78, 5) is 0. The van der Waals surface area contributed by atoms with E-state index in [1.807, 2.05) is 30.3 Å². The van der Waals surface area contributed by atoms with Crippen molar-refractivity contribution in [2.24, 2.45) is 0 Å². The molecule has 1 N–H and O–H groups in total. The Labute approximate surface area is 151 Å². The molecule has 0 bridgehead atoms. The van der Waals surface area contributed by atoms with Crippen molar-refractivity contribution in [3.05, 3.63) is 63.1 Å². The van der Waals surface area contributed by atoms with Crippen LogP contribution in [0.4, 0.5) is 0 Å². The minimum Gasteiger partial charge on any atom is -0.488 e. The average molecular weight is 395 g/mol. The fourth-order valence-electron chi connectivity index (χ4n) is 2.91. The van der Waals surface area contributed by atoms with Gasteiger partial charge in [0.05, 0.1) is 4.47 Å². The Bertz CT molecular complexity index is 638. The van der Waals surface area contributed by atoms with Crippen LogP contribution in [-0.4, -0.2) is 6.04 Å². The van der Waals surface area contributed by atoms with Crippen LogP contribution in [0.2, 0.25) is 5.02 Å². The highest BCUT2D eigenvalue weighted by molar-refractivity contribution is 9.10. The molecule has 1 aliphatic carbocycles. The SMILES string of the molecule is Clc1ccc(COc2ccc(CNC3CCCC3)cc2Br)cc1. The first-order chi connectivity index (χ1) is 11.2. The molecule has 1 saturated carbocycles. The molecular formula is C19H21BrClNO. The summed E-state index contributed by atoms with van der Waals surface area (Å²) in [7, 11) is 0. The Kier molecular flexibility index (Phi) is 5.98. The second-order valence-electron chi connectivity index (χ2n) is 6.04. The van der Waals surface area contributed by atoms with Crippen LogP contribution in [0.5, 0.6) is 5.75 Å². The summed E-state index contributed by atoms with van der Waals surface area (Å²) in [6.45, 7) is 1.45. The van der Waals surface area contributed by atoms with Crippen LogP contribution in [0.3, 0.4) is 0 Å². The molecule has 2 aromatic carbocycles. The molecular weight excluding hydrogens is 374 g/mol. The summed E-state index contributed by atoms with van der Waals surface area (Å²) < 4.78 is 6.88. The van der Waals surface area contributed by atoms with Gasteiger partial charge >= 0.3 is 0 Å². The van der Waals surface area contributed by atoms with Crippen LogP contribution in [0, 0.1) is 0 Å². The number of hydrogen-bond acceptors (Lipinski definition) is 2. The minimum atomic E-state index is 0.537. The lowest BCUT2D eigenvalue weighted by Gasteiger charge is -2.13. The summed E-state index contributed by atoms with van der Waals surface area (Å²) >= 11 is 9.51. The van der Waals surface area contributed by atoms with Crippen LogP contribution >= 0.6 is 27.5 Å². The third kappa shape index (κ3) is 4.97. The molecule has 0 aromatic heterocycles. The first-order valence-electron chi connectivity index (χ1n) is 8.10. The first-order valence-corrected chi connectivity index (χ1v) is 9.27. The third-order valence-electron chi connectivity index (χ3n) is 4.25. The standard InChI is InChI=1S/C19H21BrClNO/c20-18-11-15(12-22-17-3-1-2-4-17)7-10-19(18)23-13-14-5-8-16(21)9-6-14/h5-11,17,22H,1-4,12-13H2. The molecule has 2 aromatic rings. The quantitative estimate of drug-likeness (QED) is 0.677. The number of rotatable bonds is 6. The van der Waals surface area contributed by atoms with Crippen molar-refractivity contribution in [1.82, 2.24) is 5.32 Å². The number of hydrogen-bond donors (Lipinski definition) is 1. The molecule has 0 spiro atoms. The number of nitrogens with one attached hydrogen (secondary N) is 1. The zero-order valence-corrected chi connectivity index (χ0v) is 15.4. The summed E-state index contributed by atoms with van der Waals surface area (Å²) in [6.07, 6.45) is 5.34. The molecule has 0 saturated heterocycles. The maximum absolute atomic E-state index is 5.89. The average Bonchev–Trinajstić information content (AvgIpc) is 3.07. The molecule has 0 aliphatic heterocycles. The number of ether oxygens (including phenoxy) is 1. The van der Waals surface area contributed by atoms with Crippen LogP contribution < -0.4 is 10.1 Å². The van der Waals surface area contributed by atoms with Crippen LogP contribution in [0.1, 0.15) is 36.8 Å². The van der Waals surface area contributed by atoms with Crippen molar-refractivity contribution < 1.29 is 4.74 Å². The molecule has 1 aliphatic rings. The van der Waals surface area contributed by atoms with Crippen LogP contribution in [0.25, 0.3) is 0 Å². The Balaban J connectivity index is 1.54. The van der Waals surface area contributed by atoms with E-state index in [1.54, 1.807) is 0 Å². The van der Waals surface area contributed by atoms with Gasteiger partial charge in [-0.25, -0.2) is 0 Å². The summed E-state index contributed by atoms with van der Waals surface area (Å²) in [5.41, 5.74) is 2.39. The van der Waals surface area contributed by atoms with E-state index in [4.69, 9.17) is 16.3 Å². The maximum Gasteiger partial charge on any atom is 0.134 e. The van der Waals surface area contributed by atoms with Crippen molar-refractivity contribution in [3.8, 4) is 5.75 Å². The molecule has 0 atom stereocenters. The zero-order valence-electron chi connectivity index (χ0n) is 13.0. The van der Waals surface area contributed by atoms with Crippen molar-refractivity contribution in [1.29, 1.82) is 0 Å². The van der Waals surface area contributed by atoms with Crippen molar-refractivity contribution >= 4 is 27.5 Å². The summed E-state index contributed by atoms with van der Waals surface area (Å²) in [5, 5.41) is 4.38. The van der Waals surface area contributed by atoms with Gasteiger partial charge in [-0.3, -0.25) is 0 Å². The predicted octanol–water partition coefficient (Wildman–Crippen LogP) is 5.71. The lowest BCUT2D eigenvalue weighted by molar-refractivity contribution is 0.304. The number of benzene rings is 2. The Morgan fingerprint density at radius 2 is 1.74 bits per heavy atom. The van der Waals surface area contributed by atoms with Gasteiger partial charge in [0.2, 0.25) is 0 Å². The van der Waals surface area contributed by atoms with Crippen molar-refractivity contribution in [2.75, 3.05) is 0 Å². The second-order valence-corrected chi connectivity index (χ2v) is 7.33.